The van der Waals surface area contributed by atoms with Crippen LogP contribution in [0, 0.1) is 5.92 Å². The van der Waals surface area contributed by atoms with Gasteiger partial charge in [-0.2, -0.15) is 0 Å². The van der Waals surface area contributed by atoms with Crippen molar-refractivity contribution >= 4 is 23.4 Å². The molecule has 3 aromatic heterocycles. The Bertz CT molecular complexity index is 1840. The van der Waals surface area contributed by atoms with Crippen LogP contribution in [-0.4, -0.2) is 67.1 Å². The molecule has 5 heterocycles. The second kappa shape index (κ2) is 12.8. The molecule has 2 aliphatic heterocycles. The van der Waals surface area contributed by atoms with Crippen LogP contribution in [0.1, 0.15) is 51.8 Å². The molecule has 0 radical (unpaired) electrons. The van der Waals surface area contributed by atoms with Gasteiger partial charge >= 0.3 is 0 Å². The topological polar surface area (TPSA) is 124 Å². The predicted molar refractivity (Wildman–Crippen MR) is 174 cm³/mol. The number of hydrogen-bond acceptors (Lipinski definition) is 6. The molecule has 2 saturated heterocycles. The third-order valence-electron chi connectivity index (χ3n) is 8.77. The Morgan fingerprint density at radius 1 is 0.739 bits per heavy atom. The highest BCUT2D eigenvalue weighted by atomic mass is 16.2. The lowest BCUT2D eigenvalue weighted by molar-refractivity contribution is -0.119. The van der Waals surface area contributed by atoms with Gasteiger partial charge in [0.05, 0.1) is 35.0 Å². The van der Waals surface area contributed by atoms with Crippen LogP contribution in [0.2, 0.25) is 0 Å². The van der Waals surface area contributed by atoms with E-state index in [9.17, 15) is 14.4 Å². The van der Waals surface area contributed by atoms with E-state index in [2.05, 4.69) is 37.4 Å². The first kappa shape index (κ1) is 29.1. The second-order valence-corrected chi connectivity index (χ2v) is 11.7. The molecule has 2 fully saturated rings. The molecule has 0 unspecified atom stereocenters. The van der Waals surface area contributed by atoms with Crippen LogP contribution in [0.15, 0.2) is 104 Å². The summed E-state index contributed by atoms with van der Waals surface area (Å²) in [6.07, 6.45) is 10.7. The summed E-state index contributed by atoms with van der Waals surface area (Å²) in [5, 5.41) is 3.01. The molecule has 3 amide bonds. The zero-order valence-electron chi connectivity index (χ0n) is 25.2. The highest BCUT2D eigenvalue weighted by Crippen LogP contribution is 2.33. The van der Waals surface area contributed by atoms with Gasteiger partial charge in [0.2, 0.25) is 5.91 Å². The standard InChI is InChI=1S/C36H33N7O3/c44-34(29-15-19-42(23-29)35(45)27-4-1-16-37-20-27)40-30-13-11-25(12-14-30)24-7-9-26(10-8-24)31-22-39-33(41-31)32-6-3-18-43(32)36(46)28-5-2-17-38-21-28/h1-2,4-5,7-14,16-17,20-22,29,32H,3,6,15,18-19,23H2,(H,39,41)(H,40,44)/t29-,32-/m0/s1. The summed E-state index contributed by atoms with van der Waals surface area (Å²) in [7, 11) is 0. The van der Waals surface area contributed by atoms with E-state index in [0.29, 0.717) is 37.2 Å². The van der Waals surface area contributed by atoms with Gasteiger partial charge in [-0.3, -0.25) is 24.4 Å². The van der Waals surface area contributed by atoms with Gasteiger partial charge in [0, 0.05) is 50.1 Å². The largest absolute Gasteiger partial charge is 0.340 e. The molecule has 230 valence electrons. The van der Waals surface area contributed by atoms with E-state index in [1.165, 1.54) is 0 Å². The van der Waals surface area contributed by atoms with E-state index in [0.717, 1.165) is 46.7 Å². The lowest BCUT2D eigenvalue weighted by Crippen LogP contribution is -2.31. The fourth-order valence-electron chi connectivity index (χ4n) is 6.26. The van der Waals surface area contributed by atoms with Gasteiger partial charge in [-0.05, 0) is 72.4 Å². The zero-order valence-corrected chi connectivity index (χ0v) is 25.2. The van der Waals surface area contributed by atoms with Crippen molar-refractivity contribution in [1.29, 1.82) is 0 Å². The molecule has 2 aliphatic rings. The second-order valence-electron chi connectivity index (χ2n) is 11.7. The maximum atomic E-state index is 13.1. The Balaban J connectivity index is 0.960. The van der Waals surface area contributed by atoms with Gasteiger partial charge in [0.1, 0.15) is 5.82 Å². The van der Waals surface area contributed by atoms with Crippen molar-refractivity contribution in [3.63, 3.8) is 0 Å². The lowest BCUT2D eigenvalue weighted by Gasteiger charge is -2.23. The first-order valence-corrected chi connectivity index (χ1v) is 15.5. The zero-order chi connectivity index (χ0) is 31.5. The number of hydrogen-bond donors (Lipinski definition) is 2. The third kappa shape index (κ3) is 6.01. The molecule has 46 heavy (non-hydrogen) atoms. The quantitative estimate of drug-likeness (QED) is 0.247. The number of rotatable bonds is 7. The van der Waals surface area contributed by atoms with Crippen LogP contribution < -0.4 is 5.32 Å². The molecule has 2 atom stereocenters. The molecule has 5 aromatic rings. The summed E-state index contributed by atoms with van der Waals surface area (Å²) in [6.45, 7) is 1.63. The van der Waals surface area contributed by atoms with Crippen LogP contribution in [-0.2, 0) is 4.79 Å². The highest BCUT2D eigenvalue weighted by molar-refractivity contribution is 5.97. The van der Waals surface area contributed by atoms with E-state index < -0.39 is 0 Å². The number of nitrogens with one attached hydrogen (secondary N) is 2. The maximum Gasteiger partial charge on any atom is 0.256 e. The van der Waals surface area contributed by atoms with Gasteiger partial charge in [0.25, 0.3) is 11.8 Å². The number of aromatic amines is 1. The fraction of sp³-hybridized carbons (Fsp3) is 0.222. The fourth-order valence-corrected chi connectivity index (χ4v) is 6.26. The van der Waals surface area contributed by atoms with Crippen molar-refractivity contribution in [2.24, 2.45) is 5.92 Å². The van der Waals surface area contributed by atoms with Gasteiger partial charge in [-0.15, -0.1) is 0 Å². The number of carbonyl (C=O) groups excluding carboxylic acids is 3. The van der Waals surface area contributed by atoms with Crippen LogP contribution >= 0.6 is 0 Å². The van der Waals surface area contributed by atoms with E-state index in [-0.39, 0.29) is 29.7 Å². The van der Waals surface area contributed by atoms with Gasteiger partial charge < -0.3 is 20.1 Å². The van der Waals surface area contributed by atoms with Gasteiger partial charge in [0.15, 0.2) is 0 Å². The molecule has 10 heteroatoms. The van der Waals surface area contributed by atoms with Crippen molar-refractivity contribution in [3.8, 4) is 22.4 Å². The Kier molecular flexibility index (Phi) is 8.07. The minimum atomic E-state index is -0.255. The number of carbonyl (C=O) groups is 3. The van der Waals surface area contributed by atoms with E-state index in [4.69, 9.17) is 0 Å². The van der Waals surface area contributed by atoms with Gasteiger partial charge in [-0.1, -0.05) is 36.4 Å². The molecule has 7 rings (SSSR count). The number of aromatic nitrogens is 4. The van der Waals surface area contributed by atoms with E-state index in [1.807, 2.05) is 47.5 Å². The average Bonchev–Trinajstić information content (AvgIpc) is 3.90. The summed E-state index contributed by atoms with van der Waals surface area (Å²) in [4.78, 5) is 58.6. The van der Waals surface area contributed by atoms with Crippen molar-refractivity contribution in [3.05, 3.63) is 121 Å². The first-order chi connectivity index (χ1) is 22.5. The van der Waals surface area contributed by atoms with Crippen molar-refractivity contribution in [2.75, 3.05) is 25.0 Å². The lowest BCUT2D eigenvalue weighted by atomic mass is 10.0. The number of likely N-dealkylation sites (tertiary alicyclic amines) is 2. The normalized spacial score (nSPS) is 17.7. The molecule has 2 N–H and O–H groups in total. The summed E-state index contributed by atoms with van der Waals surface area (Å²) < 4.78 is 0. The minimum absolute atomic E-state index is 0.0260. The number of H-pyrrole nitrogens is 1. The summed E-state index contributed by atoms with van der Waals surface area (Å²) in [5.74, 6) is 0.327. The highest BCUT2D eigenvalue weighted by Gasteiger charge is 2.33. The number of pyridine rings is 2. The molecule has 0 aliphatic carbocycles. The van der Waals surface area contributed by atoms with Crippen molar-refractivity contribution < 1.29 is 14.4 Å². The molecule has 0 bridgehead atoms. The van der Waals surface area contributed by atoms with Crippen molar-refractivity contribution in [2.45, 2.75) is 25.3 Å². The van der Waals surface area contributed by atoms with Crippen LogP contribution in [0.4, 0.5) is 5.69 Å². The van der Waals surface area contributed by atoms with E-state index >= 15 is 0 Å². The molecular weight excluding hydrogens is 578 g/mol. The average molecular weight is 612 g/mol. The monoisotopic (exact) mass is 611 g/mol. The van der Waals surface area contributed by atoms with Crippen molar-refractivity contribution in [1.82, 2.24) is 29.7 Å². The molecular formula is C36H33N7O3. The number of benzene rings is 2. The molecule has 0 saturated carbocycles. The van der Waals surface area contributed by atoms with E-state index in [1.54, 1.807) is 54.0 Å². The Hall–Kier alpha value is -5.64. The molecule has 2 aromatic carbocycles. The summed E-state index contributed by atoms with van der Waals surface area (Å²) in [6, 6.07) is 22.9. The van der Waals surface area contributed by atoms with Crippen LogP contribution in [0.5, 0.6) is 0 Å². The van der Waals surface area contributed by atoms with Gasteiger partial charge in [-0.25, -0.2) is 4.98 Å². The molecule has 0 spiro atoms. The maximum absolute atomic E-state index is 13.1. The Labute approximate surface area is 266 Å². The minimum Gasteiger partial charge on any atom is -0.340 e. The Morgan fingerprint density at radius 2 is 1.39 bits per heavy atom. The Morgan fingerprint density at radius 3 is 2.07 bits per heavy atom. The smallest absolute Gasteiger partial charge is 0.256 e. The number of anilines is 1. The number of amides is 3. The molecule has 10 nitrogen and oxygen atoms in total. The predicted octanol–water partition coefficient (Wildman–Crippen LogP) is 5.61. The third-order valence-corrected chi connectivity index (χ3v) is 8.77. The van der Waals surface area contributed by atoms with Crippen LogP contribution in [0.25, 0.3) is 22.4 Å². The summed E-state index contributed by atoms with van der Waals surface area (Å²) in [5.41, 5.74) is 5.81. The number of imidazole rings is 1. The van der Waals surface area contributed by atoms with Crippen LogP contribution in [0.3, 0.4) is 0 Å². The number of nitrogens with zero attached hydrogens (tertiary/aromatic N) is 5. The SMILES string of the molecule is O=C(Nc1ccc(-c2ccc(-c3cnc([C@@H]4CCCN4C(=O)c4cccnc4)[nH]3)cc2)cc1)[C@H]1CCN(C(=O)c2cccnc2)C1. The first-order valence-electron chi connectivity index (χ1n) is 15.5. The summed E-state index contributed by atoms with van der Waals surface area (Å²) >= 11 is 0.